The van der Waals surface area contributed by atoms with Gasteiger partial charge >= 0.3 is 0 Å². The minimum absolute atomic E-state index is 0. The summed E-state index contributed by atoms with van der Waals surface area (Å²) in [6, 6.07) is 11.4. The number of likely N-dealkylation sites (N-methyl/N-ethyl adjacent to an activating group) is 1. The molecular weight excluding hydrogens is 449 g/mol. The molecule has 1 fully saturated rings. The summed E-state index contributed by atoms with van der Waals surface area (Å²) in [5, 5.41) is 12.1. The number of nitro benzene ring substituents is 1. The third-order valence-electron chi connectivity index (χ3n) is 5.30. The van der Waals surface area contributed by atoms with Gasteiger partial charge in [0.1, 0.15) is 0 Å². The third kappa shape index (κ3) is 6.08. The largest absolute Gasteiger partial charge is 0.337 e. The lowest BCUT2D eigenvalue weighted by molar-refractivity contribution is -0.385. The van der Waals surface area contributed by atoms with Crippen molar-refractivity contribution < 1.29 is 9.72 Å². The molecule has 0 radical (unpaired) electrons. The first-order chi connectivity index (χ1) is 13.8. The second kappa shape index (κ2) is 11.0. The molecule has 1 atom stereocenters. The van der Waals surface area contributed by atoms with Gasteiger partial charge < -0.3 is 9.80 Å². The van der Waals surface area contributed by atoms with Gasteiger partial charge in [-0.3, -0.25) is 14.9 Å². The van der Waals surface area contributed by atoms with E-state index in [1.807, 2.05) is 6.07 Å². The predicted octanol–water partition coefficient (Wildman–Crippen LogP) is 5.16. The summed E-state index contributed by atoms with van der Waals surface area (Å²) < 4.78 is 0. The van der Waals surface area contributed by atoms with Crippen LogP contribution in [0.15, 0.2) is 42.5 Å². The fourth-order valence-electron chi connectivity index (χ4n) is 3.63. The van der Waals surface area contributed by atoms with Gasteiger partial charge in [0.25, 0.3) is 5.69 Å². The highest BCUT2D eigenvalue weighted by molar-refractivity contribution is 6.42. The lowest BCUT2D eigenvalue weighted by Gasteiger charge is -2.32. The zero-order chi connectivity index (χ0) is 21.0. The van der Waals surface area contributed by atoms with Crippen molar-refractivity contribution in [2.45, 2.75) is 25.3 Å². The molecule has 0 aliphatic carbocycles. The zero-order valence-electron chi connectivity index (χ0n) is 16.6. The van der Waals surface area contributed by atoms with Gasteiger partial charge in [-0.05, 0) is 49.2 Å². The van der Waals surface area contributed by atoms with Crippen LogP contribution in [0.25, 0.3) is 0 Å². The highest BCUT2D eigenvalue weighted by Crippen LogP contribution is 2.27. The van der Waals surface area contributed by atoms with Gasteiger partial charge in [0, 0.05) is 25.7 Å². The van der Waals surface area contributed by atoms with Crippen LogP contribution in [0.1, 0.15) is 30.0 Å². The second-order valence-corrected chi connectivity index (χ2v) is 8.12. The molecule has 0 unspecified atom stereocenters. The number of halogens is 3. The summed E-state index contributed by atoms with van der Waals surface area (Å²) in [5.41, 5.74) is 1.56. The van der Waals surface area contributed by atoms with E-state index in [1.54, 1.807) is 42.3 Å². The highest BCUT2D eigenvalue weighted by atomic mass is 35.5. The van der Waals surface area contributed by atoms with E-state index in [1.165, 1.54) is 6.07 Å². The zero-order valence-corrected chi connectivity index (χ0v) is 18.9. The van der Waals surface area contributed by atoms with Gasteiger partial charge in [0.15, 0.2) is 0 Å². The number of likely N-dealkylation sites (tertiary alicyclic amines) is 1. The van der Waals surface area contributed by atoms with E-state index < -0.39 is 4.92 Å². The molecule has 2 aromatic carbocycles. The Balaban J connectivity index is 0.00000320. The number of hydrogen-bond donors (Lipinski definition) is 0. The standard InChI is InChI=1S/C21H23Cl2N3O3.ClH/c1-24(21(27)12-15-7-8-18(22)19(23)11-15)20(14-25-9-2-3-10-25)16-5-4-6-17(13-16)26(28)29;/h4-8,11,13,20H,2-3,9-10,12,14H2,1H3;1H/t20-;/m1./s1. The lowest BCUT2D eigenvalue weighted by Crippen LogP contribution is -2.39. The normalized spacial score (nSPS) is 14.8. The molecule has 1 amide bonds. The first-order valence-corrected chi connectivity index (χ1v) is 10.3. The first-order valence-electron chi connectivity index (χ1n) is 9.51. The van der Waals surface area contributed by atoms with Gasteiger partial charge in [-0.15, -0.1) is 12.4 Å². The Morgan fingerprint density at radius 3 is 2.50 bits per heavy atom. The predicted molar refractivity (Wildman–Crippen MR) is 122 cm³/mol. The molecule has 2 aromatic rings. The molecule has 9 heteroatoms. The number of rotatable bonds is 7. The Morgan fingerprint density at radius 1 is 1.17 bits per heavy atom. The van der Waals surface area contributed by atoms with Crippen molar-refractivity contribution >= 4 is 47.2 Å². The molecule has 1 saturated heterocycles. The third-order valence-corrected chi connectivity index (χ3v) is 6.03. The van der Waals surface area contributed by atoms with Gasteiger partial charge in [-0.1, -0.05) is 41.4 Å². The number of amides is 1. The molecule has 1 heterocycles. The van der Waals surface area contributed by atoms with Crippen LogP contribution in [0.5, 0.6) is 0 Å². The number of benzene rings is 2. The summed E-state index contributed by atoms with van der Waals surface area (Å²) >= 11 is 12.0. The Bertz CT molecular complexity index is 904. The molecule has 0 saturated carbocycles. The van der Waals surface area contributed by atoms with E-state index in [4.69, 9.17) is 23.2 Å². The van der Waals surface area contributed by atoms with Gasteiger partial charge in [-0.25, -0.2) is 0 Å². The summed E-state index contributed by atoms with van der Waals surface area (Å²) in [4.78, 5) is 27.8. The van der Waals surface area contributed by atoms with E-state index >= 15 is 0 Å². The Morgan fingerprint density at radius 2 is 1.87 bits per heavy atom. The summed E-state index contributed by atoms with van der Waals surface area (Å²) in [6.07, 6.45) is 2.43. The Hall–Kier alpha value is -1.86. The minimum atomic E-state index is -0.409. The molecule has 0 bridgehead atoms. The van der Waals surface area contributed by atoms with Crippen LogP contribution in [0.4, 0.5) is 5.69 Å². The summed E-state index contributed by atoms with van der Waals surface area (Å²) in [6.45, 7) is 2.59. The number of carbonyl (C=O) groups is 1. The van der Waals surface area contributed by atoms with Crippen LogP contribution in [0.3, 0.4) is 0 Å². The van der Waals surface area contributed by atoms with E-state index in [9.17, 15) is 14.9 Å². The van der Waals surface area contributed by atoms with Crippen molar-refractivity contribution in [1.82, 2.24) is 9.80 Å². The van der Waals surface area contributed by atoms with Crippen molar-refractivity contribution in [3.05, 3.63) is 73.8 Å². The molecule has 0 aromatic heterocycles. The molecule has 30 heavy (non-hydrogen) atoms. The smallest absolute Gasteiger partial charge is 0.269 e. The summed E-state index contributed by atoms with van der Waals surface area (Å²) in [5.74, 6) is -0.0842. The fraction of sp³-hybridized carbons (Fsp3) is 0.381. The number of non-ortho nitro benzene ring substituents is 1. The van der Waals surface area contributed by atoms with Gasteiger partial charge in [0.2, 0.25) is 5.91 Å². The number of carbonyl (C=O) groups excluding carboxylic acids is 1. The van der Waals surface area contributed by atoms with E-state index in [0.29, 0.717) is 16.6 Å². The second-order valence-electron chi connectivity index (χ2n) is 7.31. The topological polar surface area (TPSA) is 66.7 Å². The number of nitro groups is 1. The summed E-state index contributed by atoms with van der Waals surface area (Å²) in [7, 11) is 1.75. The Kier molecular flexibility index (Phi) is 8.92. The van der Waals surface area contributed by atoms with E-state index in [-0.39, 0.29) is 36.5 Å². The van der Waals surface area contributed by atoms with Crippen LogP contribution in [0, 0.1) is 10.1 Å². The maximum Gasteiger partial charge on any atom is 0.269 e. The molecular formula is C21H24Cl3N3O3. The minimum Gasteiger partial charge on any atom is -0.337 e. The quantitative estimate of drug-likeness (QED) is 0.412. The van der Waals surface area contributed by atoms with Crippen molar-refractivity contribution in [2.75, 3.05) is 26.7 Å². The van der Waals surface area contributed by atoms with Crippen molar-refractivity contribution in [1.29, 1.82) is 0 Å². The van der Waals surface area contributed by atoms with E-state index in [0.717, 1.165) is 37.1 Å². The maximum atomic E-state index is 13.0. The van der Waals surface area contributed by atoms with Crippen LogP contribution in [-0.2, 0) is 11.2 Å². The molecule has 0 spiro atoms. The molecule has 0 N–H and O–H groups in total. The first kappa shape index (κ1) is 24.4. The van der Waals surface area contributed by atoms with Crippen molar-refractivity contribution in [3.8, 4) is 0 Å². The average Bonchev–Trinajstić information content (AvgIpc) is 3.22. The van der Waals surface area contributed by atoms with Crippen molar-refractivity contribution in [2.24, 2.45) is 0 Å². The van der Waals surface area contributed by atoms with Crippen LogP contribution >= 0.6 is 35.6 Å². The molecule has 162 valence electrons. The number of hydrogen-bond acceptors (Lipinski definition) is 4. The van der Waals surface area contributed by atoms with Crippen LogP contribution in [0.2, 0.25) is 10.0 Å². The monoisotopic (exact) mass is 471 g/mol. The fourth-order valence-corrected chi connectivity index (χ4v) is 3.95. The van der Waals surface area contributed by atoms with Crippen LogP contribution < -0.4 is 0 Å². The SMILES string of the molecule is CN(C(=O)Cc1ccc(Cl)c(Cl)c1)[C@H](CN1CCCC1)c1cccc([N+](=O)[O-])c1.Cl. The average molecular weight is 473 g/mol. The lowest BCUT2D eigenvalue weighted by atomic mass is 10.0. The molecule has 3 rings (SSSR count). The van der Waals surface area contributed by atoms with Gasteiger partial charge in [0.05, 0.1) is 27.4 Å². The maximum absolute atomic E-state index is 13.0. The highest BCUT2D eigenvalue weighted by Gasteiger charge is 2.27. The van der Waals surface area contributed by atoms with Crippen LogP contribution in [-0.4, -0.2) is 47.3 Å². The molecule has 6 nitrogen and oxygen atoms in total. The van der Waals surface area contributed by atoms with E-state index in [2.05, 4.69) is 4.90 Å². The Labute approximate surface area is 192 Å². The van der Waals surface area contributed by atoms with Gasteiger partial charge in [-0.2, -0.15) is 0 Å². The molecule has 1 aliphatic rings. The number of nitrogens with zero attached hydrogens (tertiary/aromatic N) is 3. The van der Waals surface area contributed by atoms with Crippen molar-refractivity contribution in [3.63, 3.8) is 0 Å². The molecule has 1 aliphatic heterocycles.